The van der Waals surface area contributed by atoms with E-state index in [-0.39, 0.29) is 36.5 Å². The van der Waals surface area contributed by atoms with Crippen molar-refractivity contribution in [2.45, 2.75) is 6.54 Å². The molecule has 8 nitrogen and oxygen atoms in total. The maximum absolute atomic E-state index is 6.09. The highest BCUT2D eigenvalue weighted by atomic mass is 127. The van der Waals surface area contributed by atoms with Crippen molar-refractivity contribution in [2.75, 3.05) is 19.5 Å². The third-order valence-electron chi connectivity index (χ3n) is 3.70. The summed E-state index contributed by atoms with van der Waals surface area (Å²) in [6, 6.07) is 12.7. The number of hydrogen-bond donors (Lipinski definition) is 3. The minimum Gasteiger partial charge on any atom is -0.497 e. The second-order valence-corrected chi connectivity index (χ2v) is 5.92. The number of anilines is 1. The predicted molar refractivity (Wildman–Crippen MR) is 121 cm³/mol. The fraction of sp³-hybridized carbons (Fsp3) is 0.167. The van der Waals surface area contributed by atoms with Gasteiger partial charge in [0.2, 0.25) is 0 Å². The standard InChI is InChI=1S/C18H19ClN6O2.HI/c1-26-13-6-3-11(4-7-13)17-23-16(24-25-17)10-21-18(20)22-12-5-8-15(27-2)14(19)9-12;/h3-9H,10H2,1-2H3,(H3,20,21,22)(H,23,24,25);1H. The van der Waals surface area contributed by atoms with Crippen LogP contribution in [0.1, 0.15) is 5.82 Å². The third-order valence-corrected chi connectivity index (χ3v) is 4.00. The minimum atomic E-state index is 0. The molecule has 3 aromatic rings. The van der Waals surface area contributed by atoms with E-state index in [4.69, 9.17) is 26.8 Å². The molecule has 0 fully saturated rings. The lowest BCUT2D eigenvalue weighted by Gasteiger charge is -2.08. The number of hydrogen-bond acceptors (Lipinski definition) is 5. The zero-order chi connectivity index (χ0) is 19.2. The average molecular weight is 515 g/mol. The van der Waals surface area contributed by atoms with E-state index < -0.39 is 0 Å². The van der Waals surface area contributed by atoms with Crippen LogP contribution in [-0.2, 0) is 6.54 Å². The van der Waals surface area contributed by atoms with Gasteiger partial charge in [0.25, 0.3) is 0 Å². The topological polar surface area (TPSA) is 110 Å². The molecule has 0 saturated carbocycles. The van der Waals surface area contributed by atoms with Gasteiger partial charge in [0, 0.05) is 11.3 Å². The van der Waals surface area contributed by atoms with E-state index >= 15 is 0 Å². The molecule has 0 atom stereocenters. The summed E-state index contributed by atoms with van der Waals surface area (Å²) in [5.41, 5.74) is 7.50. The van der Waals surface area contributed by atoms with Crippen molar-refractivity contribution in [3.63, 3.8) is 0 Å². The Kier molecular flexibility index (Phi) is 7.88. The summed E-state index contributed by atoms with van der Waals surface area (Å²) in [6.45, 7) is 0.256. The number of ether oxygens (including phenoxy) is 2. The number of rotatable bonds is 6. The van der Waals surface area contributed by atoms with Crippen molar-refractivity contribution in [3.05, 3.63) is 53.3 Å². The lowest BCUT2D eigenvalue weighted by molar-refractivity contribution is 0.415. The number of nitrogens with one attached hydrogen (secondary N) is 2. The lowest BCUT2D eigenvalue weighted by atomic mass is 10.2. The zero-order valence-corrected chi connectivity index (χ0v) is 18.4. The molecule has 0 aliphatic rings. The number of methoxy groups -OCH3 is 2. The van der Waals surface area contributed by atoms with Crippen molar-refractivity contribution in [2.24, 2.45) is 10.7 Å². The molecule has 1 heterocycles. The summed E-state index contributed by atoms with van der Waals surface area (Å²) in [5, 5.41) is 10.5. The summed E-state index contributed by atoms with van der Waals surface area (Å²) in [4.78, 5) is 8.67. The van der Waals surface area contributed by atoms with Gasteiger partial charge in [-0.3, -0.25) is 5.10 Å². The Morgan fingerprint density at radius 2 is 1.93 bits per heavy atom. The Morgan fingerprint density at radius 1 is 1.18 bits per heavy atom. The van der Waals surface area contributed by atoms with Crippen molar-refractivity contribution < 1.29 is 9.47 Å². The molecule has 0 saturated heterocycles. The summed E-state index contributed by atoms with van der Waals surface area (Å²) < 4.78 is 10.3. The summed E-state index contributed by atoms with van der Waals surface area (Å²) in [7, 11) is 3.18. The van der Waals surface area contributed by atoms with Crippen molar-refractivity contribution in [3.8, 4) is 22.9 Å². The number of aromatic nitrogens is 3. The van der Waals surface area contributed by atoms with Crippen LogP contribution in [0.15, 0.2) is 47.5 Å². The molecule has 2 aromatic carbocycles. The number of benzene rings is 2. The highest BCUT2D eigenvalue weighted by Gasteiger charge is 2.07. The van der Waals surface area contributed by atoms with Gasteiger partial charge in [-0.25, -0.2) is 9.98 Å². The van der Waals surface area contributed by atoms with Gasteiger partial charge in [-0.1, -0.05) is 11.6 Å². The first-order valence-electron chi connectivity index (χ1n) is 8.05. The van der Waals surface area contributed by atoms with Crippen LogP contribution in [0.5, 0.6) is 11.5 Å². The van der Waals surface area contributed by atoms with Crippen LogP contribution in [0.4, 0.5) is 5.69 Å². The third kappa shape index (κ3) is 5.49. The maximum Gasteiger partial charge on any atom is 0.193 e. The smallest absolute Gasteiger partial charge is 0.193 e. The minimum absolute atomic E-state index is 0. The van der Waals surface area contributed by atoms with Gasteiger partial charge in [-0.05, 0) is 42.5 Å². The molecule has 0 amide bonds. The van der Waals surface area contributed by atoms with E-state index in [1.54, 1.807) is 32.4 Å². The summed E-state index contributed by atoms with van der Waals surface area (Å²) in [5.74, 6) is 2.77. The molecule has 0 aliphatic carbocycles. The Labute approximate surface area is 184 Å². The average Bonchev–Trinajstić information content (AvgIpc) is 3.16. The molecule has 148 valence electrons. The van der Waals surface area contributed by atoms with Crippen LogP contribution in [0.25, 0.3) is 11.4 Å². The second kappa shape index (κ2) is 10.1. The van der Waals surface area contributed by atoms with Gasteiger partial charge in [0.1, 0.15) is 23.9 Å². The highest BCUT2D eigenvalue weighted by Crippen LogP contribution is 2.27. The molecule has 0 unspecified atom stereocenters. The first kappa shape index (κ1) is 21.8. The first-order chi connectivity index (χ1) is 13.1. The Balaban J connectivity index is 0.00000280. The van der Waals surface area contributed by atoms with Gasteiger partial charge >= 0.3 is 0 Å². The van der Waals surface area contributed by atoms with Crippen LogP contribution in [0, 0.1) is 0 Å². The van der Waals surface area contributed by atoms with Crippen LogP contribution in [0.2, 0.25) is 5.02 Å². The van der Waals surface area contributed by atoms with Crippen LogP contribution in [0.3, 0.4) is 0 Å². The highest BCUT2D eigenvalue weighted by molar-refractivity contribution is 14.0. The van der Waals surface area contributed by atoms with E-state index in [2.05, 4.69) is 25.5 Å². The number of H-pyrrole nitrogens is 1. The number of aliphatic imine (C=N–C) groups is 1. The zero-order valence-electron chi connectivity index (χ0n) is 15.3. The Bertz CT molecular complexity index is 946. The Hall–Kier alpha value is -2.53. The van der Waals surface area contributed by atoms with Crippen LogP contribution in [-0.4, -0.2) is 35.4 Å². The number of guanidine groups is 1. The molecule has 0 radical (unpaired) electrons. The van der Waals surface area contributed by atoms with E-state index in [1.807, 2.05) is 24.3 Å². The molecular weight excluding hydrogens is 495 g/mol. The molecule has 1 aromatic heterocycles. The number of nitrogens with zero attached hydrogens (tertiary/aromatic N) is 3. The van der Waals surface area contributed by atoms with Crippen molar-refractivity contribution in [1.29, 1.82) is 0 Å². The number of nitrogens with two attached hydrogens (primary N) is 1. The maximum atomic E-state index is 6.09. The van der Waals surface area contributed by atoms with Gasteiger partial charge in [-0.15, -0.1) is 24.0 Å². The molecular formula is C18H20ClIN6O2. The van der Waals surface area contributed by atoms with Gasteiger partial charge < -0.3 is 20.5 Å². The molecule has 28 heavy (non-hydrogen) atoms. The number of aromatic amines is 1. The fourth-order valence-corrected chi connectivity index (χ4v) is 2.58. The lowest BCUT2D eigenvalue weighted by Crippen LogP contribution is -2.22. The SMILES string of the molecule is COc1ccc(-c2n[nH]c(CN=C(N)Nc3ccc(OC)c(Cl)c3)n2)cc1.I. The second-order valence-electron chi connectivity index (χ2n) is 5.51. The molecule has 0 bridgehead atoms. The molecule has 3 rings (SSSR count). The van der Waals surface area contributed by atoms with E-state index in [9.17, 15) is 0 Å². The van der Waals surface area contributed by atoms with Crippen molar-refractivity contribution in [1.82, 2.24) is 15.2 Å². The van der Waals surface area contributed by atoms with E-state index in [0.29, 0.717) is 28.1 Å². The Morgan fingerprint density at radius 3 is 2.57 bits per heavy atom. The van der Waals surface area contributed by atoms with Gasteiger partial charge in [-0.2, -0.15) is 5.10 Å². The van der Waals surface area contributed by atoms with Crippen LogP contribution >= 0.6 is 35.6 Å². The van der Waals surface area contributed by atoms with Gasteiger partial charge in [0.15, 0.2) is 11.8 Å². The number of halogens is 2. The van der Waals surface area contributed by atoms with E-state index in [1.165, 1.54) is 0 Å². The predicted octanol–water partition coefficient (Wildman–Crippen LogP) is 3.69. The monoisotopic (exact) mass is 514 g/mol. The molecule has 0 aliphatic heterocycles. The summed E-state index contributed by atoms with van der Waals surface area (Å²) >= 11 is 6.09. The molecule has 0 spiro atoms. The quantitative estimate of drug-likeness (QED) is 0.263. The fourth-order valence-electron chi connectivity index (χ4n) is 2.33. The largest absolute Gasteiger partial charge is 0.497 e. The molecule has 10 heteroatoms. The first-order valence-corrected chi connectivity index (χ1v) is 8.43. The van der Waals surface area contributed by atoms with Gasteiger partial charge in [0.05, 0.1) is 19.2 Å². The van der Waals surface area contributed by atoms with Crippen LogP contribution < -0.4 is 20.5 Å². The molecule has 4 N–H and O–H groups in total. The van der Waals surface area contributed by atoms with E-state index in [0.717, 1.165) is 11.3 Å². The van der Waals surface area contributed by atoms with Crippen molar-refractivity contribution >= 4 is 47.2 Å². The normalized spacial score (nSPS) is 10.9. The summed E-state index contributed by atoms with van der Waals surface area (Å²) in [6.07, 6.45) is 0.